The summed E-state index contributed by atoms with van der Waals surface area (Å²) in [6.07, 6.45) is 15.9. The molecule has 0 aliphatic carbocycles. The first kappa shape index (κ1) is 24.2. The molecule has 0 fully saturated rings. The molecule has 0 aliphatic heterocycles. The number of aromatic carboxylic acids is 2. The van der Waals surface area contributed by atoms with E-state index in [1.807, 2.05) is 0 Å². The maximum atomic E-state index is 10.6. The molecule has 4 nitrogen and oxygen atoms in total. The van der Waals surface area contributed by atoms with Crippen LogP contribution in [0.4, 0.5) is 0 Å². The van der Waals surface area contributed by atoms with Crippen LogP contribution in [-0.2, 0) is 0 Å². The largest absolute Gasteiger partial charge is 0.478 e. The highest BCUT2D eigenvalue weighted by molar-refractivity contribution is 5.96. The molecule has 0 aromatic heterocycles. The quantitative estimate of drug-likeness (QED) is 0.404. The van der Waals surface area contributed by atoms with Crippen LogP contribution in [0.15, 0.2) is 18.2 Å². The summed E-state index contributed by atoms with van der Waals surface area (Å²) in [5, 5.41) is 17.4. The van der Waals surface area contributed by atoms with Crippen LogP contribution in [0, 0.1) is 6.92 Å². The van der Waals surface area contributed by atoms with E-state index in [-0.39, 0.29) is 16.7 Å². The number of benzene rings is 1. The van der Waals surface area contributed by atoms with Gasteiger partial charge >= 0.3 is 11.9 Å². The lowest BCUT2D eigenvalue weighted by atomic mass is 10.0. The monoisotopic (exact) mass is 364 g/mol. The summed E-state index contributed by atoms with van der Waals surface area (Å²) in [6.45, 7) is 6.04. The molecule has 0 bridgehead atoms. The third-order valence-electron chi connectivity index (χ3n) is 4.50. The third kappa shape index (κ3) is 10.9. The summed E-state index contributed by atoms with van der Waals surface area (Å²) < 4.78 is 0. The number of hydrogen-bond donors (Lipinski definition) is 2. The van der Waals surface area contributed by atoms with Gasteiger partial charge in [0.2, 0.25) is 0 Å². The standard InChI is InChI=1S/C13H28.C9H8O4/c1-3-5-7-9-11-13-12-10-8-6-4-2;1-5-6(8(10)11)3-2-4-7(5)9(12)13/h3-13H2,1-2H3;2-4H,1H3,(H,10,11)(H,12,13). The summed E-state index contributed by atoms with van der Waals surface area (Å²) in [6, 6.07) is 4.17. The van der Waals surface area contributed by atoms with E-state index < -0.39 is 11.9 Å². The average molecular weight is 365 g/mol. The van der Waals surface area contributed by atoms with E-state index in [2.05, 4.69) is 13.8 Å². The van der Waals surface area contributed by atoms with Crippen LogP contribution in [0.25, 0.3) is 0 Å². The van der Waals surface area contributed by atoms with Crippen molar-refractivity contribution in [3.63, 3.8) is 0 Å². The molecule has 0 saturated heterocycles. The fourth-order valence-corrected chi connectivity index (χ4v) is 2.84. The molecule has 0 unspecified atom stereocenters. The van der Waals surface area contributed by atoms with Gasteiger partial charge < -0.3 is 10.2 Å². The van der Waals surface area contributed by atoms with E-state index in [1.165, 1.54) is 95.8 Å². The van der Waals surface area contributed by atoms with Crippen molar-refractivity contribution in [1.82, 2.24) is 0 Å². The molecule has 148 valence electrons. The zero-order valence-corrected chi connectivity index (χ0v) is 16.7. The second-order valence-electron chi connectivity index (χ2n) is 6.77. The molecule has 1 aromatic rings. The number of carbonyl (C=O) groups is 2. The van der Waals surface area contributed by atoms with E-state index in [1.54, 1.807) is 0 Å². The van der Waals surface area contributed by atoms with Gasteiger partial charge in [-0.05, 0) is 24.6 Å². The van der Waals surface area contributed by atoms with Crippen LogP contribution in [0.5, 0.6) is 0 Å². The van der Waals surface area contributed by atoms with Crippen molar-refractivity contribution < 1.29 is 19.8 Å². The fourth-order valence-electron chi connectivity index (χ4n) is 2.84. The first-order valence-corrected chi connectivity index (χ1v) is 10.0. The lowest BCUT2D eigenvalue weighted by molar-refractivity contribution is 0.0696. The summed E-state index contributed by atoms with van der Waals surface area (Å²) in [4.78, 5) is 21.2. The molecule has 0 heterocycles. The Morgan fingerprint density at radius 2 is 1.00 bits per heavy atom. The van der Waals surface area contributed by atoms with Gasteiger partial charge in [0.25, 0.3) is 0 Å². The summed E-state index contributed by atoms with van der Waals surface area (Å²) in [5.74, 6) is -2.22. The van der Waals surface area contributed by atoms with Crippen molar-refractivity contribution in [2.45, 2.75) is 91.4 Å². The van der Waals surface area contributed by atoms with Crippen LogP contribution in [0.2, 0.25) is 0 Å². The molecule has 0 amide bonds. The van der Waals surface area contributed by atoms with Crippen molar-refractivity contribution in [3.8, 4) is 0 Å². The number of carboxylic acid groups (broad SMARTS) is 2. The number of unbranched alkanes of at least 4 members (excludes halogenated alkanes) is 10. The van der Waals surface area contributed by atoms with Gasteiger partial charge in [-0.2, -0.15) is 0 Å². The molecule has 0 atom stereocenters. The first-order chi connectivity index (χ1) is 12.5. The number of hydrogen-bond acceptors (Lipinski definition) is 2. The SMILES string of the molecule is CCCCCCCCCCCCC.Cc1c(C(=O)O)cccc1C(=O)O. The Morgan fingerprint density at radius 3 is 1.27 bits per heavy atom. The van der Waals surface area contributed by atoms with Gasteiger partial charge in [0.15, 0.2) is 0 Å². The van der Waals surface area contributed by atoms with Gasteiger partial charge in [-0.1, -0.05) is 90.5 Å². The van der Waals surface area contributed by atoms with Gasteiger partial charge in [0.05, 0.1) is 11.1 Å². The Balaban J connectivity index is 0.000000481. The molecule has 0 saturated carbocycles. The number of carboxylic acids is 2. The molecule has 0 radical (unpaired) electrons. The summed E-state index contributed by atoms with van der Waals surface area (Å²) >= 11 is 0. The summed E-state index contributed by atoms with van der Waals surface area (Å²) in [7, 11) is 0. The maximum Gasteiger partial charge on any atom is 0.335 e. The average Bonchev–Trinajstić information content (AvgIpc) is 2.60. The zero-order valence-electron chi connectivity index (χ0n) is 16.7. The van der Waals surface area contributed by atoms with Crippen LogP contribution in [0.3, 0.4) is 0 Å². The maximum absolute atomic E-state index is 10.6. The van der Waals surface area contributed by atoms with Crippen LogP contribution in [-0.4, -0.2) is 22.2 Å². The molecule has 1 rings (SSSR count). The van der Waals surface area contributed by atoms with Crippen molar-refractivity contribution >= 4 is 11.9 Å². The van der Waals surface area contributed by atoms with Gasteiger partial charge in [-0.15, -0.1) is 0 Å². The van der Waals surface area contributed by atoms with Gasteiger partial charge in [-0.25, -0.2) is 9.59 Å². The minimum absolute atomic E-state index is 0.0277. The van der Waals surface area contributed by atoms with E-state index in [0.717, 1.165) is 0 Å². The van der Waals surface area contributed by atoms with Crippen LogP contribution < -0.4 is 0 Å². The third-order valence-corrected chi connectivity index (χ3v) is 4.50. The summed E-state index contributed by atoms with van der Waals surface area (Å²) in [5.41, 5.74) is 0.335. The van der Waals surface area contributed by atoms with Gasteiger partial charge in [-0.3, -0.25) is 0 Å². The highest BCUT2D eigenvalue weighted by Gasteiger charge is 2.13. The van der Waals surface area contributed by atoms with Gasteiger partial charge in [0, 0.05) is 0 Å². The Bertz CT molecular complexity index is 481. The molecule has 0 aliphatic rings. The fraction of sp³-hybridized carbons (Fsp3) is 0.636. The Labute approximate surface area is 158 Å². The predicted molar refractivity (Wildman–Crippen MR) is 107 cm³/mol. The van der Waals surface area contributed by atoms with Crippen molar-refractivity contribution in [2.24, 2.45) is 0 Å². The second-order valence-corrected chi connectivity index (χ2v) is 6.77. The highest BCUT2D eigenvalue weighted by Crippen LogP contribution is 2.13. The minimum Gasteiger partial charge on any atom is -0.478 e. The lowest BCUT2D eigenvalue weighted by Crippen LogP contribution is -2.06. The minimum atomic E-state index is -1.11. The normalized spacial score (nSPS) is 10.1. The van der Waals surface area contributed by atoms with Gasteiger partial charge in [0.1, 0.15) is 0 Å². The van der Waals surface area contributed by atoms with Crippen LogP contribution in [0.1, 0.15) is 111 Å². The topological polar surface area (TPSA) is 74.6 Å². The smallest absolute Gasteiger partial charge is 0.335 e. The second kappa shape index (κ2) is 15.4. The Hall–Kier alpha value is -1.84. The van der Waals surface area contributed by atoms with E-state index in [9.17, 15) is 9.59 Å². The molecular weight excluding hydrogens is 328 g/mol. The molecule has 2 N–H and O–H groups in total. The Morgan fingerprint density at radius 1 is 0.692 bits per heavy atom. The van der Waals surface area contributed by atoms with E-state index in [4.69, 9.17) is 10.2 Å². The molecule has 1 aromatic carbocycles. The Kier molecular flexibility index (Phi) is 14.3. The zero-order chi connectivity index (χ0) is 19.8. The number of rotatable bonds is 12. The molecule has 4 heteroatoms. The van der Waals surface area contributed by atoms with Crippen molar-refractivity contribution in [3.05, 3.63) is 34.9 Å². The van der Waals surface area contributed by atoms with Crippen molar-refractivity contribution in [2.75, 3.05) is 0 Å². The molecule has 0 spiro atoms. The predicted octanol–water partition coefficient (Wildman–Crippen LogP) is 6.71. The van der Waals surface area contributed by atoms with Crippen molar-refractivity contribution in [1.29, 1.82) is 0 Å². The highest BCUT2D eigenvalue weighted by atomic mass is 16.4. The van der Waals surface area contributed by atoms with Crippen LogP contribution >= 0.6 is 0 Å². The first-order valence-electron chi connectivity index (χ1n) is 10.0. The molecule has 26 heavy (non-hydrogen) atoms. The lowest BCUT2D eigenvalue weighted by Gasteiger charge is -2.03. The molecular formula is C22H36O4. The van der Waals surface area contributed by atoms with E-state index >= 15 is 0 Å². The van der Waals surface area contributed by atoms with E-state index in [0.29, 0.717) is 0 Å².